The first kappa shape index (κ1) is 32.1. The van der Waals surface area contributed by atoms with E-state index < -0.39 is 64.2 Å². The van der Waals surface area contributed by atoms with Crippen molar-refractivity contribution in [1.29, 1.82) is 0 Å². The topological polar surface area (TPSA) is 71.1 Å². The van der Waals surface area contributed by atoms with Crippen molar-refractivity contribution in [2.45, 2.75) is 52.7 Å². The first-order chi connectivity index (χ1) is 15.8. The van der Waals surface area contributed by atoms with Crippen LogP contribution in [0.4, 0.5) is 26.5 Å². The van der Waals surface area contributed by atoms with Crippen LogP contribution < -0.4 is 30.7 Å². The Hall–Kier alpha value is -1.89. The molecule has 0 aliphatic carbocycles. The quantitative estimate of drug-likeness (QED) is 0.150. The second-order valence-electron chi connectivity index (χ2n) is 9.09. The molecule has 0 spiro atoms. The fraction of sp³-hybridized carbons (Fsp3) is 0.364. The minimum absolute atomic E-state index is 0.428. The number of ether oxygens (including phenoxy) is 4. The van der Waals surface area contributed by atoms with Crippen molar-refractivity contribution < 1.29 is 66.6 Å². The summed E-state index contributed by atoms with van der Waals surface area (Å²) in [5, 5.41) is 0. The van der Waals surface area contributed by atoms with Gasteiger partial charge < -0.3 is 18.9 Å². The van der Waals surface area contributed by atoms with E-state index in [4.69, 9.17) is 18.9 Å². The molecule has 0 aliphatic heterocycles. The molecule has 0 N–H and O–H groups in total. The molecule has 2 aromatic carbocycles. The summed E-state index contributed by atoms with van der Waals surface area (Å²) >= 11 is -11.7. The third-order valence-electron chi connectivity index (χ3n) is 3.03. The van der Waals surface area contributed by atoms with E-state index in [-0.39, 0.29) is 0 Å². The Labute approximate surface area is 217 Å². The average Bonchev–Trinajstić information content (AvgIpc) is 2.59. The van der Waals surface area contributed by atoms with Gasteiger partial charge in [-0.15, -0.1) is 0 Å². The normalized spacial score (nSPS) is 13.8. The van der Waals surface area contributed by atoms with E-state index in [1.807, 2.05) is 24.3 Å². The van der Waals surface area contributed by atoms with E-state index in [9.17, 15) is 26.5 Å². The van der Waals surface area contributed by atoms with E-state index in [0.717, 1.165) is 7.14 Å². The second kappa shape index (κ2) is 10.8. The summed E-state index contributed by atoms with van der Waals surface area (Å²) in [7, 11) is 0. The van der Waals surface area contributed by atoms with Crippen LogP contribution >= 0.6 is 0 Å². The first-order valence-electron chi connectivity index (χ1n) is 10.1. The standard InChI is InChI=1S/C22H26IO6.6FH.Sb/c1-21(2,3)28-19(24)26-17-11-7-15(8-12-17)23-16-9-13-18(14-10-16)27-20(25)29-22(4,5)6;;;;;;;/h7-14H,1-6H3;6*1H;/q+1;;;;;;;+5/p-6. The summed E-state index contributed by atoms with van der Waals surface area (Å²) in [6.07, 6.45) is -1.44. The molecule has 2 aromatic rings. The van der Waals surface area contributed by atoms with Crippen molar-refractivity contribution in [3.05, 3.63) is 55.7 Å². The fourth-order valence-corrected chi connectivity index (χ4v) is 4.15. The van der Waals surface area contributed by atoms with Crippen molar-refractivity contribution >= 4 is 31.8 Å². The third kappa shape index (κ3) is 19.3. The van der Waals surface area contributed by atoms with Gasteiger partial charge in [0, 0.05) is 0 Å². The van der Waals surface area contributed by atoms with E-state index in [0.29, 0.717) is 11.5 Å². The number of hydrogen-bond donors (Lipinski definition) is 0. The number of rotatable bonds is 4. The summed E-state index contributed by atoms with van der Waals surface area (Å²) in [6, 6.07) is 14.7. The Balaban J connectivity index is 0.000000809. The molecule has 36 heavy (non-hydrogen) atoms. The molecule has 0 bridgehead atoms. The number of carbonyl (C=O) groups is 2. The molecule has 0 heterocycles. The van der Waals surface area contributed by atoms with Gasteiger partial charge in [-0.05, 0) is 90.1 Å². The Bertz CT molecular complexity index is 962. The average molecular weight is 749 g/mol. The van der Waals surface area contributed by atoms with Gasteiger partial charge in [-0.1, -0.05) is 0 Å². The van der Waals surface area contributed by atoms with E-state index in [2.05, 4.69) is 0 Å². The van der Waals surface area contributed by atoms with Gasteiger partial charge in [-0.25, -0.2) is 9.59 Å². The van der Waals surface area contributed by atoms with Crippen LogP contribution in [0, 0.1) is 7.14 Å². The SMILES string of the molecule is CC(C)(C)OC(=O)Oc1ccc([I+]c2ccc(OC(=O)OC(C)(C)C)cc2)cc1.[F][Sb-]([F])([F])([F])([F])[F]. The van der Waals surface area contributed by atoms with E-state index in [1.165, 1.54) is 0 Å². The predicted octanol–water partition coefficient (Wildman–Crippen LogP) is 4.58. The van der Waals surface area contributed by atoms with E-state index >= 15 is 0 Å². The van der Waals surface area contributed by atoms with Crippen LogP contribution in [0.25, 0.3) is 0 Å². The first-order valence-corrected chi connectivity index (χ1v) is 18.0. The summed E-state index contributed by atoms with van der Waals surface area (Å²) in [4.78, 5) is 23.4. The number of halogens is 7. The third-order valence-corrected chi connectivity index (χ3v) is 5.71. The van der Waals surface area contributed by atoms with Crippen molar-refractivity contribution in [3.8, 4) is 11.5 Å². The van der Waals surface area contributed by atoms with Crippen molar-refractivity contribution in [2.24, 2.45) is 0 Å². The Morgan fingerprint density at radius 3 is 1.08 bits per heavy atom. The van der Waals surface area contributed by atoms with Gasteiger partial charge in [-0.2, -0.15) is 0 Å². The molecule has 204 valence electrons. The van der Waals surface area contributed by atoms with Gasteiger partial charge in [0.15, 0.2) is 7.14 Å². The Morgan fingerprint density at radius 2 is 0.861 bits per heavy atom. The van der Waals surface area contributed by atoms with Gasteiger partial charge >= 0.3 is 69.9 Å². The van der Waals surface area contributed by atoms with Crippen LogP contribution in [0.15, 0.2) is 48.5 Å². The summed E-state index contributed by atoms with van der Waals surface area (Å²) in [5.74, 6) is 0.876. The molecule has 14 heteroatoms. The van der Waals surface area contributed by atoms with E-state index in [1.54, 1.807) is 65.8 Å². The maximum atomic E-state index is 11.7. The fourth-order valence-electron chi connectivity index (χ4n) is 1.99. The van der Waals surface area contributed by atoms with Gasteiger partial charge in [0.1, 0.15) is 22.7 Å². The predicted molar refractivity (Wildman–Crippen MR) is 116 cm³/mol. The molecular formula is C22H26F6IO6Sb. The summed E-state index contributed by atoms with van der Waals surface area (Å²) < 4.78 is 82.5. The van der Waals surface area contributed by atoms with Crippen LogP contribution in [0.1, 0.15) is 41.5 Å². The van der Waals surface area contributed by atoms with Gasteiger partial charge in [0.25, 0.3) is 0 Å². The zero-order valence-corrected chi connectivity index (χ0v) is 24.9. The van der Waals surface area contributed by atoms with Crippen LogP contribution in [0.3, 0.4) is 0 Å². The van der Waals surface area contributed by atoms with Crippen LogP contribution in [-0.4, -0.2) is 43.0 Å². The van der Waals surface area contributed by atoms with Crippen molar-refractivity contribution in [3.63, 3.8) is 0 Å². The maximum absolute atomic E-state index is 11.7. The second-order valence-corrected chi connectivity index (χ2v) is 17.6. The molecule has 0 unspecified atom stereocenters. The van der Waals surface area contributed by atoms with Gasteiger partial charge in [-0.3, -0.25) is 0 Å². The summed E-state index contributed by atoms with van der Waals surface area (Å²) in [5.41, 5.74) is -1.19. The Morgan fingerprint density at radius 1 is 0.611 bits per heavy atom. The zero-order chi connectivity index (χ0) is 28.1. The van der Waals surface area contributed by atoms with Crippen LogP contribution in [-0.2, 0) is 9.47 Å². The molecule has 0 amide bonds. The Kier molecular flexibility index (Phi) is 9.68. The van der Waals surface area contributed by atoms with Crippen LogP contribution in [0.5, 0.6) is 11.5 Å². The molecule has 0 fully saturated rings. The molecule has 0 atom stereocenters. The minimum atomic E-state index is -11.2. The molecule has 2 rings (SSSR count). The molecule has 6 nitrogen and oxygen atoms in total. The van der Waals surface area contributed by atoms with Crippen LogP contribution in [0.2, 0.25) is 0 Å². The molecule has 0 radical (unpaired) electrons. The molecule has 0 aliphatic rings. The summed E-state index contributed by atoms with van der Waals surface area (Å²) in [6.45, 7) is 10.7. The molecule has 0 saturated carbocycles. The van der Waals surface area contributed by atoms with Gasteiger partial charge in [0.05, 0.1) is 0 Å². The molecular weight excluding hydrogens is 723 g/mol. The number of benzene rings is 2. The molecule has 0 saturated heterocycles. The van der Waals surface area contributed by atoms with Gasteiger partial charge in [0.2, 0.25) is 0 Å². The molecule has 0 aromatic heterocycles. The van der Waals surface area contributed by atoms with Crippen molar-refractivity contribution in [2.75, 3.05) is 0 Å². The monoisotopic (exact) mass is 748 g/mol. The number of hydrogen-bond acceptors (Lipinski definition) is 6. The van der Waals surface area contributed by atoms with Crippen molar-refractivity contribution in [1.82, 2.24) is 0 Å². The zero-order valence-electron chi connectivity index (χ0n) is 20.2. The number of carbonyl (C=O) groups excluding carboxylic acids is 2.